The fourth-order valence-electron chi connectivity index (χ4n) is 1.74. The Bertz CT molecular complexity index is 341. The number of aliphatic hydroxyl groups excluding tert-OH is 1. The molecule has 96 valence electrons. The van der Waals surface area contributed by atoms with Gasteiger partial charge in [-0.2, -0.15) is 0 Å². The molecule has 2 rings (SSSR count). The Morgan fingerprint density at radius 3 is 3.18 bits per heavy atom. The van der Waals surface area contributed by atoms with Gasteiger partial charge >= 0.3 is 0 Å². The van der Waals surface area contributed by atoms with Crippen LogP contribution in [0.2, 0.25) is 5.15 Å². The van der Waals surface area contributed by atoms with Gasteiger partial charge in [0.1, 0.15) is 5.15 Å². The summed E-state index contributed by atoms with van der Waals surface area (Å²) in [6.45, 7) is 1.24. The predicted molar refractivity (Wildman–Crippen MR) is 66.2 cm³/mol. The molecule has 0 saturated carbocycles. The van der Waals surface area contributed by atoms with Crippen molar-refractivity contribution < 1.29 is 14.6 Å². The molecule has 1 fully saturated rings. The van der Waals surface area contributed by atoms with Crippen molar-refractivity contribution in [1.82, 2.24) is 4.98 Å². The second-order valence-corrected chi connectivity index (χ2v) is 5.22. The van der Waals surface area contributed by atoms with Crippen molar-refractivity contribution in [1.29, 1.82) is 0 Å². The van der Waals surface area contributed by atoms with E-state index in [1.54, 1.807) is 5.51 Å². The van der Waals surface area contributed by atoms with Crippen LogP contribution in [-0.2, 0) is 9.47 Å². The number of hydrogen-bond donors (Lipinski definition) is 1. The molecule has 1 saturated heterocycles. The van der Waals surface area contributed by atoms with Crippen LogP contribution in [-0.4, -0.2) is 29.6 Å². The molecule has 1 N–H and O–H groups in total. The van der Waals surface area contributed by atoms with Crippen LogP contribution in [0.1, 0.15) is 36.7 Å². The van der Waals surface area contributed by atoms with Gasteiger partial charge in [0.15, 0.2) is 6.29 Å². The lowest BCUT2D eigenvalue weighted by atomic mass is 10.2. The van der Waals surface area contributed by atoms with Gasteiger partial charge in [-0.25, -0.2) is 4.98 Å². The summed E-state index contributed by atoms with van der Waals surface area (Å²) in [7, 11) is 0. The molecule has 2 unspecified atom stereocenters. The number of nitrogens with zero attached hydrogens (tertiary/aromatic N) is 1. The summed E-state index contributed by atoms with van der Waals surface area (Å²) in [6.07, 6.45) is 3.01. The average Bonchev–Trinajstić information content (AvgIpc) is 2.77. The van der Waals surface area contributed by atoms with E-state index in [1.165, 1.54) is 11.3 Å². The van der Waals surface area contributed by atoms with E-state index in [2.05, 4.69) is 4.98 Å². The first kappa shape index (κ1) is 13.2. The first-order valence-electron chi connectivity index (χ1n) is 5.77. The van der Waals surface area contributed by atoms with Crippen LogP contribution in [0.4, 0.5) is 0 Å². The number of thiazole rings is 1. The zero-order valence-corrected chi connectivity index (χ0v) is 11.0. The van der Waals surface area contributed by atoms with E-state index < -0.39 is 6.10 Å². The number of hydrogen-bond acceptors (Lipinski definition) is 5. The molecule has 2 atom stereocenters. The number of ether oxygens (including phenoxy) is 2. The minimum absolute atomic E-state index is 0.104. The van der Waals surface area contributed by atoms with Crippen molar-refractivity contribution in [3.63, 3.8) is 0 Å². The lowest BCUT2D eigenvalue weighted by Gasteiger charge is -2.23. The first-order chi connectivity index (χ1) is 8.27. The quantitative estimate of drug-likeness (QED) is 0.899. The molecule has 1 aliphatic heterocycles. The Hall–Kier alpha value is -0.200. The summed E-state index contributed by atoms with van der Waals surface area (Å²) in [5, 5.41) is 10.3. The number of rotatable bonds is 5. The smallest absolute Gasteiger partial charge is 0.157 e. The normalized spacial score (nSPS) is 22.6. The highest BCUT2D eigenvalue weighted by Crippen LogP contribution is 2.28. The highest BCUT2D eigenvalue weighted by Gasteiger charge is 2.17. The van der Waals surface area contributed by atoms with E-state index in [-0.39, 0.29) is 6.29 Å². The summed E-state index contributed by atoms with van der Waals surface area (Å²) in [5.74, 6) is 0. The second kappa shape index (κ2) is 6.66. The van der Waals surface area contributed by atoms with E-state index in [0.717, 1.165) is 25.9 Å². The summed E-state index contributed by atoms with van der Waals surface area (Å²) >= 11 is 7.20. The molecule has 0 aromatic carbocycles. The van der Waals surface area contributed by atoms with E-state index in [9.17, 15) is 5.11 Å². The largest absolute Gasteiger partial charge is 0.387 e. The van der Waals surface area contributed by atoms with E-state index in [1.807, 2.05) is 0 Å². The minimum atomic E-state index is -0.599. The van der Waals surface area contributed by atoms with Crippen LogP contribution in [0, 0.1) is 0 Å². The molecular formula is C11H16ClNO3S. The van der Waals surface area contributed by atoms with Gasteiger partial charge in [0.2, 0.25) is 0 Å². The highest BCUT2D eigenvalue weighted by atomic mass is 35.5. The Labute approximate surface area is 110 Å². The highest BCUT2D eigenvalue weighted by molar-refractivity contribution is 7.10. The molecule has 0 amide bonds. The predicted octanol–water partition coefficient (Wildman–Crippen LogP) is 2.76. The molecule has 1 aromatic rings. The van der Waals surface area contributed by atoms with Gasteiger partial charge < -0.3 is 14.6 Å². The maximum Gasteiger partial charge on any atom is 0.157 e. The van der Waals surface area contributed by atoms with Crippen molar-refractivity contribution in [3.05, 3.63) is 15.5 Å². The zero-order chi connectivity index (χ0) is 12.1. The van der Waals surface area contributed by atoms with Gasteiger partial charge in [-0.1, -0.05) is 11.6 Å². The molecule has 0 aliphatic carbocycles. The molecule has 1 aromatic heterocycles. The van der Waals surface area contributed by atoms with Gasteiger partial charge in [0, 0.05) is 13.0 Å². The lowest BCUT2D eigenvalue weighted by molar-refractivity contribution is -0.165. The molecule has 2 heterocycles. The van der Waals surface area contributed by atoms with Crippen molar-refractivity contribution >= 4 is 22.9 Å². The van der Waals surface area contributed by atoms with Crippen molar-refractivity contribution in [2.45, 2.75) is 38.1 Å². The van der Waals surface area contributed by atoms with Crippen LogP contribution in [0.5, 0.6) is 0 Å². The molecule has 17 heavy (non-hydrogen) atoms. The minimum Gasteiger partial charge on any atom is -0.387 e. The fraction of sp³-hybridized carbons (Fsp3) is 0.727. The van der Waals surface area contributed by atoms with Crippen LogP contribution in [0.15, 0.2) is 5.51 Å². The molecule has 4 nitrogen and oxygen atoms in total. The molecule has 0 radical (unpaired) electrons. The van der Waals surface area contributed by atoms with Crippen molar-refractivity contribution in [3.8, 4) is 0 Å². The van der Waals surface area contributed by atoms with E-state index in [0.29, 0.717) is 23.1 Å². The Morgan fingerprint density at radius 1 is 1.65 bits per heavy atom. The first-order valence-corrected chi connectivity index (χ1v) is 7.03. The third kappa shape index (κ3) is 3.89. The SMILES string of the molecule is OC(CCOC1CCCCO1)c1scnc1Cl. The summed E-state index contributed by atoms with van der Waals surface area (Å²) < 4.78 is 11.0. The Kier molecular flexibility index (Phi) is 5.18. The third-order valence-electron chi connectivity index (χ3n) is 2.68. The van der Waals surface area contributed by atoms with Gasteiger partial charge in [-0.15, -0.1) is 11.3 Å². The number of aliphatic hydroxyl groups is 1. The maximum absolute atomic E-state index is 9.88. The van der Waals surface area contributed by atoms with Crippen LogP contribution in [0.25, 0.3) is 0 Å². The molecule has 0 spiro atoms. The summed E-state index contributed by atoms with van der Waals surface area (Å²) in [4.78, 5) is 4.60. The number of halogens is 1. The van der Waals surface area contributed by atoms with Crippen molar-refractivity contribution in [2.24, 2.45) is 0 Å². The molecule has 1 aliphatic rings. The van der Waals surface area contributed by atoms with Gasteiger partial charge in [0.25, 0.3) is 0 Å². The average molecular weight is 278 g/mol. The summed E-state index contributed by atoms with van der Waals surface area (Å²) in [6, 6.07) is 0. The fourth-order valence-corrected chi connectivity index (χ4v) is 2.81. The van der Waals surface area contributed by atoms with Crippen molar-refractivity contribution in [2.75, 3.05) is 13.2 Å². The van der Waals surface area contributed by atoms with Gasteiger partial charge in [-0.05, 0) is 19.3 Å². The van der Waals surface area contributed by atoms with Gasteiger partial charge in [-0.3, -0.25) is 0 Å². The number of aromatic nitrogens is 1. The topological polar surface area (TPSA) is 51.6 Å². The summed E-state index contributed by atoms with van der Waals surface area (Å²) in [5.41, 5.74) is 1.63. The third-order valence-corrected chi connectivity index (χ3v) is 4.03. The molecule has 0 bridgehead atoms. The molecular weight excluding hydrogens is 262 g/mol. The zero-order valence-electron chi connectivity index (χ0n) is 9.47. The van der Waals surface area contributed by atoms with Crippen LogP contribution < -0.4 is 0 Å². The van der Waals surface area contributed by atoms with E-state index >= 15 is 0 Å². The maximum atomic E-state index is 9.88. The lowest BCUT2D eigenvalue weighted by Crippen LogP contribution is -2.23. The van der Waals surface area contributed by atoms with Crippen LogP contribution in [0.3, 0.4) is 0 Å². The second-order valence-electron chi connectivity index (χ2n) is 3.98. The van der Waals surface area contributed by atoms with Crippen LogP contribution >= 0.6 is 22.9 Å². The van der Waals surface area contributed by atoms with E-state index in [4.69, 9.17) is 21.1 Å². The van der Waals surface area contributed by atoms with Gasteiger partial charge in [0.05, 0.1) is 23.1 Å². The Morgan fingerprint density at radius 2 is 2.53 bits per heavy atom. The monoisotopic (exact) mass is 277 g/mol. The standard InChI is InChI=1S/C11H16ClNO3S/c12-11-10(17-7-13-11)8(14)4-6-16-9-3-1-2-5-15-9/h7-9,14H,1-6H2. The molecule has 6 heteroatoms. The Balaban J connectivity index is 1.69.